The summed E-state index contributed by atoms with van der Waals surface area (Å²) >= 11 is 3.30. The lowest BCUT2D eigenvalue weighted by molar-refractivity contribution is 0.415. The highest BCUT2D eigenvalue weighted by atomic mass is 32.2. The molecule has 0 saturated carbocycles. The van der Waals surface area contributed by atoms with E-state index in [1.807, 2.05) is 30.3 Å². The maximum atomic E-state index is 5.59. The average Bonchev–Trinajstić information content (AvgIpc) is 3.60. The van der Waals surface area contributed by atoms with Gasteiger partial charge in [-0.1, -0.05) is 23.9 Å². The summed E-state index contributed by atoms with van der Waals surface area (Å²) < 4.78 is 13.1. The minimum atomic E-state index is 0.625. The van der Waals surface area contributed by atoms with E-state index in [4.69, 9.17) is 14.1 Å². The van der Waals surface area contributed by atoms with Crippen molar-refractivity contribution in [2.24, 2.45) is 0 Å². The highest BCUT2D eigenvalue weighted by Gasteiger charge is 2.22. The zero-order valence-electron chi connectivity index (χ0n) is 17.2. The lowest BCUT2D eigenvalue weighted by Gasteiger charge is -2.17. The van der Waals surface area contributed by atoms with Gasteiger partial charge in [-0.25, -0.2) is 4.98 Å². The summed E-state index contributed by atoms with van der Waals surface area (Å²) in [6.07, 6.45) is 4.10. The van der Waals surface area contributed by atoms with Crippen molar-refractivity contribution in [3.05, 3.63) is 59.5 Å². The van der Waals surface area contributed by atoms with E-state index in [2.05, 4.69) is 31.1 Å². The van der Waals surface area contributed by atoms with Crippen LogP contribution in [0.1, 0.15) is 24.3 Å². The van der Waals surface area contributed by atoms with Gasteiger partial charge in [0.25, 0.3) is 0 Å². The molecule has 0 unspecified atom stereocenters. The monoisotopic (exact) mass is 453 g/mol. The fraction of sp³-hybridized carbons (Fsp3) is 0.318. The number of aromatic nitrogens is 4. The number of ether oxygens (including phenoxy) is 1. The summed E-state index contributed by atoms with van der Waals surface area (Å²) in [5.41, 5.74) is 2.10. The van der Waals surface area contributed by atoms with Crippen molar-refractivity contribution in [1.82, 2.24) is 19.7 Å². The summed E-state index contributed by atoms with van der Waals surface area (Å²) in [5.74, 6) is 3.39. The molecule has 1 fully saturated rings. The Labute approximate surface area is 189 Å². The van der Waals surface area contributed by atoms with Crippen LogP contribution in [-0.4, -0.2) is 39.9 Å². The third kappa shape index (κ3) is 4.47. The summed E-state index contributed by atoms with van der Waals surface area (Å²) in [4.78, 5) is 7.13. The van der Waals surface area contributed by atoms with Crippen molar-refractivity contribution < 1.29 is 9.15 Å². The normalized spacial score (nSPS) is 13.8. The molecular formula is C22H23N5O2S2. The Morgan fingerprint density at radius 2 is 2.06 bits per heavy atom. The molecule has 9 heteroatoms. The van der Waals surface area contributed by atoms with Crippen molar-refractivity contribution in [2.45, 2.75) is 30.3 Å². The van der Waals surface area contributed by atoms with Gasteiger partial charge in [0.05, 0.1) is 25.6 Å². The first-order valence-corrected chi connectivity index (χ1v) is 12.1. The lowest BCUT2D eigenvalue weighted by Crippen LogP contribution is -2.22. The minimum absolute atomic E-state index is 0.625. The van der Waals surface area contributed by atoms with Gasteiger partial charge in [0, 0.05) is 29.8 Å². The second-order valence-corrected chi connectivity index (χ2v) is 9.11. The van der Waals surface area contributed by atoms with Crippen LogP contribution in [0.5, 0.6) is 5.75 Å². The van der Waals surface area contributed by atoms with Crippen LogP contribution in [0.2, 0.25) is 0 Å². The molecule has 0 radical (unpaired) electrons. The summed E-state index contributed by atoms with van der Waals surface area (Å²) in [7, 11) is 1.68. The Kier molecular flexibility index (Phi) is 5.95. The number of anilines is 1. The van der Waals surface area contributed by atoms with E-state index in [0.717, 1.165) is 57.7 Å². The van der Waals surface area contributed by atoms with E-state index in [9.17, 15) is 0 Å². The molecule has 5 rings (SSSR count). The number of rotatable bonds is 8. The van der Waals surface area contributed by atoms with Crippen molar-refractivity contribution in [3.63, 3.8) is 0 Å². The number of thioether (sulfide) groups is 1. The maximum Gasteiger partial charge on any atom is 0.228 e. The molecule has 4 aromatic rings. The predicted molar refractivity (Wildman–Crippen MR) is 123 cm³/mol. The molecule has 3 aromatic heterocycles. The first kappa shape index (κ1) is 20.1. The van der Waals surface area contributed by atoms with E-state index in [1.165, 1.54) is 12.8 Å². The first-order chi connectivity index (χ1) is 15.3. The third-order valence-electron chi connectivity index (χ3n) is 5.20. The van der Waals surface area contributed by atoms with Crippen LogP contribution in [-0.2, 0) is 12.3 Å². The summed E-state index contributed by atoms with van der Waals surface area (Å²) in [6, 6.07) is 11.9. The van der Waals surface area contributed by atoms with E-state index in [-0.39, 0.29) is 0 Å². The van der Waals surface area contributed by atoms with Gasteiger partial charge in [0.1, 0.15) is 16.5 Å². The Hall–Kier alpha value is -2.78. The number of hydrogen-bond acceptors (Lipinski definition) is 8. The van der Waals surface area contributed by atoms with Gasteiger partial charge in [0.2, 0.25) is 5.95 Å². The molecule has 0 N–H and O–H groups in total. The maximum absolute atomic E-state index is 5.59. The number of benzene rings is 1. The zero-order chi connectivity index (χ0) is 21.0. The molecule has 7 nitrogen and oxygen atoms in total. The van der Waals surface area contributed by atoms with Crippen molar-refractivity contribution in [3.8, 4) is 16.3 Å². The average molecular weight is 454 g/mol. The van der Waals surface area contributed by atoms with E-state index >= 15 is 0 Å². The largest absolute Gasteiger partial charge is 0.497 e. The fourth-order valence-corrected chi connectivity index (χ4v) is 5.38. The smallest absolute Gasteiger partial charge is 0.228 e. The van der Waals surface area contributed by atoms with Crippen LogP contribution in [0.4, 0.5) is 5.95 Å². The van der Waals surface area contributed by atoms with Gasteiger partial charge < -0.3 is 14.1 Å². The minimum Gasteiger partial charge on any atom is -0.497 e. The van der Waals surface area contributed by atoms with Gasteiger partial charge in [-0.15, -0.1) is 21.5 Å². The Morgan fingerprint density at radius 3 is 2.87 bits per heavy atom. The molecule has 1 aromatic carbocycles. The second-order valence-electron chi connectivity index (χ2n) is 7.31. The molecule has 1 aliphatic heterocycles. The topological polar surface area (TPSA) is 69.2 Å². The van der Waals surface area contributed by atoms with E-state index in [0.29, 0.717) is 6.54 Å². The summed E-state index contributed by atoms with van der Waals surface area (Å²) in [5, 5.41) is 13.0. The van der Waals surface area contributed by atoms with Crippen LogP contribution < -0.4 is 9.64 Å². The predicted octanol–water partition coefficient (Wildman–Crippen LogP) is 4.94. The van der Waals surface area contributed by atoms with Gasteiger partial charge in [0.15, 0.2) is 5.16 Å². The van der Waals surface area contributed by atoms with Crippen LogP contribution in [0.15, 0.2) is 57.6 Å². The zero-order valence-corrected chi connectivity index (χ0v) is 18.9. The highest BCUT2D eigenvalue weighted by Crippen LogP contribution is 2.31. The number of methoxy groups -OCH3 is 1. The molecule has 4 heterocycles. The lowest BCUT2D eigenvalue weighted by atomic mass is 10.2. The van der Waals surface area contributed by atoms with Crippen LogP contribution in [0.25, 0.3) is 10.6 Å². The van der Waals surface area contributed by atoms with Gasteiger partial charge >= 0.3 is 0 Å². The summed E-state index contributed by atoms with van der Waals surface area (Å²) in [6.45, 7) is 2.67. The Bertz CT molecular complexity index is 1130. The fourth-order valence-electron chi connectivity index (χ4n) is 3.64. The second kappa shape index (κ2) is 9.15. The van der Waals surface area contributed by atoms with E-state index in [1.54, 1.807) is 36.5 Å². The van der Waals surface area contributed by atoms with Gasteiger partial charge in [-0.05, 0) is 37.1 Å². The number of furan rings is 1. The first-order valence-electron chi connectivity index (χ1n) is 10.2. The standard InChI is InChI=1S/C22H23N5O2S2/c1-28-18-7-4-6-16(12-18)20-23-17(14-30-20)15-31-22-25-24-21(26-9-2-3-10-26)27(22)13-19-8-5-11-29-19/h4-8,11-12,14H,2-3,9-10,13,15H2,1H3. The van der Waals surface area contributed by atoms with Gasteiger partial charge in [-0.2, -0.15) is 0 Å². The molecule has 31 heavy (non-hydrogen) atoms. The van der Waals surface area contributed by atoms with Crippen LogP contribution >= 0.6 is 23.1 Å². The number of hydrogen-bond donors (Lipinski definition) is 0. The van der Waals surface area contributed by atoms with Crippen LogP contribution in [0, 0.1) is 0 Å². The number of thiazole rings is 1. The molecule has 0 amide bonds. The number of nitrogens with zero attached hydrogens (tertiary/aromatic N) is 5. The van der Waals surface area contributed by atoms with Crippen LogP contribution in [0.3, 0.4) is 0 Å². The Morgan fingerprint density at radius 1 is 1.16 bits per heavy atom. The third-order valence-corrected chi connectivity index (χ3v) is 7.14. The molecule has 0 spiro atoms. The SMILES string of the molecule is COc1cccc(-c2nc(CSc3nnc(N4CCCC4)n3Cc3ccco3)cs2)c1. The molecule has 1 aliphatic rings. The van der Waals surface area contributed by atoms with E-state index < -0.39 is 0 Å². The molecule has 0 atom stereocenters. The molecule has 0 bridgehead atoms. The highest BCUT2D eigenvalue weighted by molar-refractivity contribution is 7.98. The molecular weight excluding hydrogens is 430 g/mol. The van der Waals surface area contributed by atoms with Crippen molar-refractivity contribution in [1.29, 1.82) is 0 Å². The molecule has 0 aliphatic carbocycles. The Balaban J connectivity index is 1.34. The van der Waals surface area contributed by atoms with Gasteiger partial charge in [-0.3, -0.25) is 4.57 Å². The van der Waals surface area contributed by atoms with Crippen molar-refractivity contribution >= 4 is 29.0 Å². The van der Waals surface area contributed by atoms with Crippen molar-refractivity contribution in [2.75, 3.05) is 25.1 Å². The molecule has 160 valence electrons. The molecule has 1 saturated heterocycles. The quantitative estimate of drug-likeness (QED) is 0.350.